The van der Waals surface area contributed by atoms with Crippen LogP contribution in [-0.2, 0) is 4.79 Å². The van der Waals surface area contributed by atoms with Crippen LogP contribution >= 0.6 is 0 Å². The van der Waals surface area contributed by atoms with Gasteiger partial charge in [-0.3, -0.25) is 4.79 Å². The maximum absolute atomic E-state index is 10.5. The molecule has 0 bridgehead atoms. The van der Waals surface area contributed by atoms with Gasteiger partial charge in [-0.25, -0.2) is 0 Å². The summed E-state index contributed by atoms with van der Waals surface area (Å²) in [6, 6.07) is 1.03. The number of aromatic amines is 1. The molecule has 4 heteroatoms. The summed E-state index contributed by atoms with van der Waals surface area (Å²) in [7, 11) is 0. The van der Waals surface area contributed by atoms with Crippen LogP contribution in [-0.4, -0.2) is 10.9 Å². The lowest BCUT2D eigenvalue weighted by Gasteiger charge is -2.01. The van der Waals surface area contributed by atoms with Crippen molar-refractivity contribution in [2.24, 2.45) is 11.5 Å². The van der Waals surface area contributed by atoms with E-state index >= 15 is 0 Å². The number of amides is 1. The molecule has 1 atom stereocenters. The molecular formula is C6H9N3O. The van der Waals surface area contributed by atoms with Gasteiger partial charge in [0, 0.05) is 12.4 Å². The summed E-state index contributed by atoms with van der Waals surface area (Å²) in [5.74, 6) is -0.514. The molecule has 0 aromatic carbocycles. The fourth-order valence-electron chi connectivity index (χ4n) is 0.695. The molecule has 1 aromatic rings. The van der Waals surface area contributed by atoms with E-state index in [1.807, 2.05) is 0 Å². The molecule has 0 aliphatic heterocycles. The summed E-state index contributed by atoms with van der Waals surface area (Å²) in [6.07, 6.45) is 3.34. The predicted molar refractivity (Wildman–Crippen MR) is 36.9 cm³/mol. The zero-order valence-corrected chi connectivity index (χ0v) is 5.37. The maximum atomic E-state index is 10.5. The molecule has 0 radical (unpaired) electrons. The molecule has 0 aliphatic carbocycles. The van der Waals surface area contributed by atoms with E-state index in [1.54, 1.807) is 18.5 Å². The van der Waals surface area contributed by atoms with Gasteiger partial charge < -0.3 is 16.5 Å². The highest BCUT2D eigenvalue weighted by atomic mass is 16.1. The number of hydrogen-bond acceptors (Lipinski definition) is 2. The lowest BCUT2D eigenvalue weighted by Crippen LogP contribution is -2.27. The molecule has 0 saturated heterocycles. The first-order chi connectivity index (χ1) is 4.72. The molecule has 1 amide bonds. The Morgan fingerprint density at radius 2 is 2.40 bits per heavy atom. The second-order valence-corrected chi connectivity index (χ2v) is 2.02. The van der Waals surface area contributed by atoms with Gasteiger partial charge in [0.15, 0.2) is 0 Å². The van der Waals surface area contributed by atoms with E-state index in [4.69, 9.17) is 11.5 Å². The van der Waals surface area contributed by atoms with E-state index in [9.17, 15) is 4.79 Å². The molecule has 1 aromatic heterocycles. The van der Waals surface area contributed by atoms with Crippen molar-refractivity contribution in [1.29, 1.82) is 0 Å². The molecule has 0 aliphatic rings. The van der Waals surface area contributed by atoms with Crippen LogP contribution in [0.3, 0.4) is 0 Å². The van der Waals surface area contributed by atoms with Crippen molar-refractivity contribution in [2.45, 2.75) is 6.04 Å². The Morgan fingerprint density at radius 1 is 1.70 bits per heavy atom. The molecular weight excluding hydrogens is 130 g/mol. The minimum Gasteiger partial charge on any atom is -0.368 e. The van der Waals surface area contributed by atoms with E-state index in [1.165, 1.54) is 0 Å². The molecule has 0 spiro atoms. The third-order valence-corrected chi connectivity index (χ3v) is 1.29. The van der Waals surface area contributed by atoms with Crippen LogP contribution in [0.2, 0.25) is 0 Å². The fourth-order valence-corrected chi connectivity index (χ4v) is 0.695. The van der Waals surface area contributed by atoms with Gasteiger partial charge >= 0.3 is 0 Å². The lowest BCUT2D eigenvalue weighted by atomic mass is 10.1. The van der Waals surface area contributed by atoms with Crippen molar-refractivity contribution < 1.29 is 4.79 Å². The second-order valence-electron chi connectivity index (χ2n) is 2.02. The Labute approximate surface area is 58.2 Å². The molecule has 0 fully saturated rings. The standard InChI is InChI=1S/C6H9N3O/c7-5(6(8)10)4-1-2-9-3-4/h1-3,5,9H,7H2,(H2,8,10). The van der Waals surface area contributed by atoms with Crippen molar-refractivity contribution in [3.8, 4) is 0 Å². The highest BCUT2D eigenvalue weighted by molar-refractivity contribution is 5.80. The molecule has 0 saturated carbocycles. The van der Waals surface area contributed by atoms with Crippen molar-refractivity contribution >= 4 is 5.91 Å². The SMILES string of the molecule is NC(=O)C(N)c1cc[nH]c1. The third kappa shape index (κ3) is 1.16. The van der Waals surface area contributed by atoms with Gasteiger partial charge in [-0.2, -0.15) is 0 Å². The van der Waals surface area contributed by atoms with Crippen molar-refractivity contribution in [1.82, 2.24) is 4.98 Å². The molecule has 10 heavy (non-hydrogen) atoms. The number of primary amides is 1. The molecule has 54 valence electrons. The minimum atomic E-state index is -0.689. The molecule has 1 unspecified atom stereocenters. The van der Waals surface area contributed by atoms with Gasteiger partial charge in [0.25, 0.3) is 0 Å². The van der Waals surface area contributed by atoms with Crippen LogP contribution in [0.5, 0.6) is 0 Å². The van der Waals surface area contributed by atoms with E-state index < -0.39 is 11.9 Å². The van der Waals surface area contributed by atoms with Crippen LogP contribution < -0.4 is 11.5 Å². The number of rotatable bonds is 2. The van der Waals surface area contributed by atoms with Gasteiger partial charge in [0.05, 0.1) is 0 Å². The number of aromatic nitrogens is 1. The third-order valence-electron chi connectivity index (χ3n) is 1.29. The van der Waals surface area contributed by atoms with Crippen LogP contribution in [0, 0.1) is 0 Å². The average Bonchev–Trinajstić information content (AvgIpc) is 2.36. The average molecular weight is 139 g/mol. The van der Waals surface area contributed by atoms with E-state index in [0.29, 0.717) is 5.56 Å². The van der Waals surface area contributed by atoms with Gasteiger partial charge in [-0.1, -0.05) is 0 Å². The minimum absolute atomic E-state index is 0.514. The fraction of sp³-hybridized carbons (Fsp3) is 0.167. The highest BCUT2D eigenvalue weighted by Crippen LogP contribution is 2.06. The quantitative estimate of drug-likeness (QED) is 0.516. The predicted octanol–water partition coefficient (Wildman–Crippen LogP) is -0.500. The summed E-state index contributed by atoms with van der Waals surface area (Å²) in [4.78, 5) is 13.3. The highest BCUT2D eigenvalue weighted by Gasteiger charge is 2.10. The van der Waals surface area contributed by atoms with Crippen LogP contribution in [0.1, 0.15) is 11.6 Å². The number of carbonyl (C=O) groups is 1. The summed E-state index contributed by atoms with van der Waals surface area (Å²) in [6.45, 7) is 0. The Balaban J connectivity index is 2.77. The van der Waals surface area contributed by atoms with Crippen molar-refractivity contribution in [2.75, 3.05) is 0 Å². The van der Waals surface area contributed by atoms with Gasteiger partial charge in [0.1, 0.15) is 6.04 Å². The smallest absolute Gasteiger partial charge is 0.238 e. The second kappa shape index (κ2) is 2.53. The van der Waals surface area contributed by atoms with Gasteiger partial charge in [-0.15, -0.1) is 0 Å². The Bertz CT molecular complexity index is 217. The van der Waals surface area contributed by atoms with E-state index in [0.717, 1.165) is 0 Å². The lowest BCUT2D eigenvalue weighted by molar-refractivity contribution is -0.119. The van der Waals surface area contributed by atoms with Crippen molar-refractivity contribution in [3.63, 3.8) is 0 Å². The van der Waals surface area contributed by atoms with Crippen LogP contribution in [0.15, 0.2) is 18.5 Å². The summed E-state index contributed by atoms with van der Waals surface area (Å²) in [5, 5.41) is 0. The van der Waals surface area contributed by atoms with Crippen LogP contribution in [0.4, 0.5) is 0 Å². The largest absolute Gasteiger partial charge is 0.368 e. The number of nitrogens with two attached hydrogens (primary N) is 2. The number of nitrogens with one attached hydrogen (secondary N) is 1. The normalized spacial score (nSPS) is 12.9. The first-order valence-corrected chi connectivity index (χ1v) is 2.89. The zero-order chi connectivity index (χ0) is 7.56. The van der Waals surface area contributed by atoms with Gasteiger partial charge in [0.2, 0.25) is 5.91 Å². The zero-order valence-electron chi connectivity index (χ0n) is 5.37. The first-order valence-electron chi connectivity index (χ1n) is 2.89. The summed E-state index contributed by atoms with van der Waals surface area (Å²) < 4.78 is 0. The molecule has 4 nitrogen and oxygen atoms in total. The number of hydrogen-bond donors (Lipinski definition) is 3. The summed E-state index contributed by atoms with van der Waals surface area (Å²) >= 11 is 0. The first kappa shape index (κ1) is 6.82. The maximum Gasteiger partial charge on any atom is 0.238 e. The Morgan fingerprint density at radius 3 is 2.80 bits per heavy atom. The van der Waals surface area contributed by atoms with Crippen LogP contribution in [0.25, 0.3) is 0 Å². The Kier molecular flexibility index (Phi) is 1.73. The van der Waals surface area contributed by atoms with E-state index in [2.05, 4.69) is 4.98 Å². The Hall–Kier alpha value is -1.29. The van der Waals surface area contributed by atoms with E-state index in [-0.39, 0.29) is 0 Å². The topological polar surface area (TPSA) is 84.9 Å². The van der Waals surface area contributed by atoms with Gasteiger partial charge in [-0.05, 0) is 11.6 Å². The number of carbonyl (C=O) groups excluding carboxylic acids is 1. The molecule has 1 heterocycles. The molecule has 5 N–H and O–H groups in total. The summed E-state index contributed by atoms with van der Waals surface area (Å²) in [5.41, 5.74) is 11.1. The number of H-pyrrole nitrogens is 1. The molecule has 1 rings (SSSR count). The van der Waals surface area contributed by atoms with Crippen molar-refractivity contribution in [3.05, 3.63) is 24.0 Å². The monoisotopic (exact) mass is 139 g/mol.